The zero-order valence-electron chi connectivity index (χ0n) is 14.7. The highest BCUT2D eigenvalue weighted by molar-refractivity contribution is 6.30. The van der Waals surface area contributed by atoms with Crippen LogP contribution in [-0.4, -0.2) is 22.0 Å². The second-order valence-electron chi connectivity index (χ2n) is 6.19. The smallest absolute Gasteiger partial charge is 0.334 e. The van der Waals surface area contributed by atoms with E-state index in [9.17, 15) is 14.7 Å². The van der Waals surface area contributed by atoms with Gasteiger partial charge in [0.2, 0.25) is 5.91 Å². The van der Waals surface area contributed by atoms with Crippen molar-refractivity contribution in [2.45, 2.75) is 31.7 Å². The van der Waals surface area contributed by atoms with Crippen molar-refractivity contribution in [3.8, 4) is 0 Å². The molecular formula is C20H19ClN2O4. The van der Waals surface area contributed by atoms with Crippen LogP contribution in [0, 0.1) is 0 Å². The second-order valence-corrected chi connectivity index (χ2v) is 6.63. The van der Waals surface area contributed by atoms with E-state index in [0.717, 1.165) is 5.52 Å². The maximum absolute atomic E-state index is 12.5. The Bertz CT molecular complexity index is 935. The third-order valence-corrected chi connectivity index (χ3v) is 4.74. The number of rotatable bonds is 7. The van der Waals surface area contributed by atoms with E-state index < -0.39 is 17.4 Å². The summed E-state index contributed by atoms with van der Waals surface area (Å²) in [5.41, 5.74) is 0.338. The lowest BCUT2D eigenvalue weighted by atomic mass is 9.87. The molecule has 6 nitrogen and oxygen atoms in total. The Morgan fingerprint density at radius 2 is 1.89 bits per heavy atom. The van der Waals surface area contributed by atoms with E-state index in [2.05, 4.69) is 10.3 Å². The van der Waals surface area contributed by atoms with Gasteiger partial charge in [-0.3, -0.25) is 4.79 Å². The number of carbonyl (C=O) groups is 2. The highest BCUT2D eigenvalue weighted by Crippen LogP contribution is 2.27. The molecule has 3 aromatic rings. The molecule has 1 unspecified atom stereocenters. The molecule has 0 aliphatic heterocycles. The molecule has 0 saturated carbocycles. The maximum atomic E-state index is 12.5. The first kappa shape index (κ1) is 18.9. The highest BCUT2D eigenvalue weighted by Gasteiger charge is 2.40. The van der Waals surface area contributed by atoms with E-state index >= 15 is 0 Å². The van der Waals surface area contributed by atoms with Gasteiger partial charge in [-0.1, -0.05) is 42.8 Å². The summed E-state index contributed by atoms with van der Waals surface area (Å²) in [6, 6.07) is 13.8. The van der Waals surface area contributed by atoms with Gasteiger partial charge in [0.1, 0.15) is 5.52 Å². The molecule has 1 atom stereocenters. The summed E-state index contributed by atoms with van der Waals surface area (Å²) >= 11 is 5.89. The number of aliphatic carboxylic acids is 1. The summed E-state index contributed by atoms with van der Waals surface area (Å²) < 4.78 is 5.60. The van der Waals surface area contributed by atoms with E-state index in [1.165, 1.54) is 0 Å². The normalized spacial score (nSPS) is 13.3. The quantitative estimate of drug-likeness (QED) is 0.642. The van der Waals surface area contributed by atoms with Crippen molar-refractivity contribution in [2.24, 2.45) is 0 Å². The van der Waals surface area contributed by atoms with Crippen LogP contribution in [-0.2, 0) is 21.5 Å². The van der Waals surface area contributed by atoms with Crippen LogP contribution < -0.4 is 5.32 Å². The number of carboxylic acid groups (broad SMARTS) is 1. The van der Waals surface area contributed by atoms with Crippen molar-refractivity contribution in [3.63, 3.8) is 0 Å². The van der Waals surface area contributed by atoms with Gasteiger partial charge in [-0.15, -0.1) is 0 Å². The predicted octanol–water partition coefficient (Wildman–Crippen LogP) is 3.92. The van der Waals surface area contributed by atoms with Crippen molar-refractivity contribution in [1.29, 1.82) is 0 Å². The van der Waals surface area contributed by atoms with Crippen LogP contribution in [0.2, 0.25) is 5.02 Å². The maximum Gasteiger partial charge on any atom is 0.334 e. The van der Waals surface area contributed by atoms with E-state index in [4.69, 9.17) is 16.0 Å². The van der Waals surface area contributed by atoms with Crippen LogP contribution in [0.15, 0.2) is 52.9 Å². The van der Waals surface area contributed by atoms with Gasteiger partial charge in [0, 0.05) is 17.9 Å². The minimum Gasteiger partial charge on any atom is -0.479 e. The first-order chi connectivity index (χ1) is 12.9. The van der Waals surface area contributed by atoms with Crippen LogP contribution in [0.3, 0.4) is 0 Å². The number of oxazole rings is 1. The van der Waals surface area contributed by atoms with Crippen molar-refractivity contribution >= 4 is 34.6 Å². The number of halogens is 1. The number of hydrogen-bond acceptors (Lipinski definition) is 4. The molecule has 27 heavy (non-hydrogen) atoms. The van der Waals surface area contributed by atoms with Crippen molar-refractivity contribution in [3.05, 3.63) is 65.0 Å². The molecular weight excluding hydrogens is 368 g/mol. The fraction of sp³-hybridized carbons (Fsp3) is 0.250. The molecule has 0 aliphatic rings. The first-order valence-corrected chi connectivity index (χ1v) is 8.97. The number of fused-ring (bicyclic) bond motifs is 1. The molecule has 0 saturated heterocycles. The van der Waals surface area contributed by atoms with E-state index in [1.54, 1.807) is 37.3 Å². The van der Waals surface area contributed by atoms with Crippen LogP contribution >= 0.6 is 11.6 Å². The van der Waals surface area contributed by atoms with Crippen LogP contribution in [0.25, 0.3) is 11.1 Å². The number of nitrogens with one attached hydrogen (secondary N) is 1. The summed E-state index contributed by atoms with van der Waals surface area (Å²) in [5, 5.41) is 13.0. The number of benzene rings is 2. The van der Waals surface area contributed by atoms with Gasteiger partial charge in [0.05, 0.1) is 0 Å². The van der Waals surface area contributed by atoms with E-state index in [0.29, 0.717) is 22.1 Å². The van der Waals surface area contributed by atoms with Crippen LogP contribution in [0.5, 0.6) is 0 Å². The first-order valence-electron chi connectivity index (χ1n) is 8.59. The lowest BCUT2D eigenvalue weighted by Crippen LogP contribution is -2.51. The topological polar surface area (TPSA) is 92.4 Å². The van der Waals surface area contributed by atoms with E-state index in [1.807, 2.05) is 18.2 Å². The molecule has 1 amide bonds. The molecule has 140 valence electrons. The van der Waals surface area contributed by atoms with Crippen LogP contribution in [0.1, 0.15) is 31.2 Å². The van der Waals surface area contributed by atoms with Gasteiger partial charge in [-0.05, 0) is 36.2 Å². The number of para-hydroxylation sites is 2. The van der Waals surface area contributed by atoms with Crippen molar-refractivity contribution in [1.82, 2.24) is 10.3 Å². The summed E-state index contributed by atoms with van der Waals surface area (Å²) in [5.74, 6) is -1.07. The van der Waals surface area contributed by atoms with Gasteiger partial charge in [-0.2, -0.15) is 0 Å². The Labute approximate surface area is 161 Å². The fourth-order valence-electron chi connectivity index (χ4n) is 2.98. The Balaban J connectivity index is 1.74. The van der Waals surface area contributed by atoms with Crippen LogP contribution in [0.4, 0.5) is 0 Å². The van der Waals surface area contributed by atoms with Gasteiger partial charge in [0.25, 0.3) is 0 Å². The molecule has 3 rings (SSSR count). The van der Waals surface area contributed by atoms with E-state index in [-0.39, 0.29) is 19.3 Å². The second kappa shape index (κ2) is 7.80. The zero-order chi connectivity index (χ0) is 19.4. The third kappa shape index (κ3) is 3.95. The molecule has 0 radical (unpaired) electrons. The molecule has 0 fully saturated rings. The van der Waals surface area contributed by atoms with Gasteiger partial charge in [0.15, 0.2) is 17.0 Å². The average molecular weight is 387 g/mol. The average Bonchev–Trinajstić information content (AvgIpc) is 3.08. The fourth-order valence-corrected chi connectivity index (χ4v) is 3.10. The molecule has 2 N–H and O–H groups in total. The van der Waals surface area contributed by atoms with Gasteiger partial charge >= 0.3 is 5.97 Å². The van der Waals surface area contributed by atoms with Gasteiger partial charge in [-0.25, -0.2) is 9.78 Å². The number of aromatic nitrogens is 1. The Kier molecular flexibility index (Phi) is 5.46. The summed E-state index contributed by atoms with van der Waals surface area (Å²) in [6.45, 7) is 1.71. The number of carbonyl (C=O) groups excluding carboxylic acids is 1. The third-order valence-electron chi connectivity index (χ3n) is 4.49. The minimum absolute atomic E-state index is 0.0649. The predicted molar refractivity (Wildman–Crippen MR) is 102 cm³/mol. The number of amides is 1. The number of carboxylic acids is 1. The minimum atomic E-state index is -1.51. The SMILES string of the molecule is CCC(NC(=O)CCc1nc2ccccc2o1)(C(=O)O)c1ccc(Cl)cc1. The monoisotopic (exact) mass is 386 g/mol. The number of aryl methyl sites for hydroxylation is 1. The summed E-state index contributed by atoms with van der Waals surface area (Å²) in [4.78, 5) is 28.8. The summed E-state index contributed by atoms with van der Waals surface area (Å²) in [6.07, 6.45) is 0.536. The Morgan fingerprint density at radius 3 is 2.52 bits per heavy atom. The molecule has 1 heterocycles. The molecule has 0 spiro atoms. The van der Waals surface area contributed by atoms with Gasteiger partial charge < -0.3 is 14.8 Å². The lowest BCUT2D eigenvalue weighted by Gasteiger charge is -2.30. The Morgan fingerprint density at radius 1 is 1.19 bits per heavy atom. The Hall–Kier alpha value is -2.86. The number of hydrogen-bond donors (Lipinski definition) is 2. The lowest BCUT2D eigenvalue weighted by molar-refractivity contribution is -0.148. The largest absolute Gasteiger partial charge is 0.479 e. The standard InChI is InChI=1S/C20H19ClN2O4/c1-2-20(19(25)26,13-7-9-14(21)10-8-13)23-17(24)11-12-18-22-15-5-3-4-6-16(15)27-18/h3-10H,2,11-12H2,1H3,(H,23,24)(H,25,26). The zero-order valence-corrected chi connectivity index (χ0v) is 15.5. The molecule has 2 aromatic carbocycles. The molecule has 7 heteroatoms. The highest BCUT2D eigenvalue weighted by atomic mass is 35.5. The molecule has 0 bridgehead atoms. The van der Waals surface area contributed by atoms with Crippen molar-refractivity contribution < 1.29 is 19.1 Å². The molecule has 1 aromatic heterocycles. The summed E-state index contributed by atoms with van der Waals surface area (Å²) in [7, 11) is 0. The molecule has 0 aliphatic carbocycles. The van der Waals surface area contributed by atoms with Crippen molar-refractivity contribution in [2.75, 3.05) is 0 Å². The number of nitrogens with zero attached hydrogens (tertiary/aromatic N) is 1.